The van der Waals surface area contributed by atoms with Crippen LogP contribution in [0.2, 0.25) is 0 Å². The van der Waals surface area contributed by atoms with Crippen molar-refractivity contribution < 1.29 is 4.74 Å². The van der Waals surface area contributed by atoms with Crippen LogP contribution in [0.3, 0.4) is 0 Å². The van der Waals surface area contributed by atoms with Gasteiger partial charge in [0.2, 0.25) is 0 Å². The van der Waals surface area contributed by atoms with Gasteiger partial charge in [-0.3, -0.25) is 0 Å². The van der Waals surface area contributed by atoms with E-state index < -0.39 is 0 Å². The molecule has 1 aliphatic heterocycles. The number of hydrogen-bond acceptors (Lipinski definition) is 2. The molecule has 1 saturated carbocycles. The van der Waals surface area contributed by atoms with Crippen molar-refractivity contribution in [2.75, 3.05) is 20.2 Å². The summed E-state index contributed by atoms with van der Waals surface area (Å²) >= 11 is 0. The highest BCUT2D eigenvalue weighted by Crippen LogP contribution is 2.41. The smallest absolute Gasteiger partial charge is 0.0951 e. The SMILES string of the molecule is CNC[C@H]1OCCc2c(C3CCC3)cccc21. The van der Waals surface area contributed by atoms with Gasteiger partial charge in [-0.25, -0.2) is 0 Å². The van der Waals surface area contributed by atoms with E-state index in [0.717, 1.165) is 25.5 Å². The lowest BCUT2D eigenvalue weighted by molar-refractivity contribution is 0.0433. The summed E-state index contributed by atoms with van der Waals surface area (Å²) < 4.78 is 5.87. The van der Waals surface area contributed by atoms with Crippen molar-refractivity contribution in [1.29, 1.82) is 0 Å². The highest BCUT2D eigenvalue weighted by Gasteiger charge is 2.27. The number of fused-ring (bicyclic) bond motifs is 1. The van der Waals surface area contributed by atoms with Gasteiger partial charge in [-0.1, -0.05) is 24.6 Å². The first-order chi connectivity index (χ1) is 8.40. The summed E-state index contributed by atoms with van der Waals surface area (Å²) in [6, 6.07) is 6.80. The van der Waals surface area contributed by atoms with E-state index in [-0.39, 0.29) is 6.10 Å². The zero-order valence-electron chi connectivity index (χ0n) is 10.5. The minimum atomic E-state index is 0.253. The van der Waals surface area contributed by atoms with E-state index in [4.69, 9.17) is 4.74 Å². The van der Waals surface area contributed by atoms with Gasteiger partial charge in [-0.15, -0.1) is 0 Å². The summed E-state index contributed by atoms with van der Waals surface area (Å²) in [7, 11) is 1.99. The predicted molar refractivity (Wildman–Crippen MR) is 69.4 cm³/mol. The van der Waals surface area contributed by atoms with Gasteiger partial charge in [-0.2, -0.15) is 0 Å². The van der Waals surface area contributed by atoms with Crippen molar-refractivity contribution in [1.82, 2.24) is 5.32 Å². The number of nitrogens with one attached hydrogen (secondary N) is 1. The minimum Gasteiger partial charge on any atom is -0.372 e. The normalized spacial score (nSPS) is 24.2. The van der Waals surface area contributed by atoms with E-state index in [1.807, 2.05) is 7.05 Å². The fraction of sp³-hybridized carbons (Fsp3) is 0.600. The van der Waals surface area contributed by atoms with E-state index in [1.54, 1.807) is 11.1 Å². The molecule has 17 heavy (non-hydrogen) atoms. The molecule has 2 aliphatic rings. The molecule has 0 bridgehead atoms. The first-order valence-corrected chi connectivity index (χ1v) is 6.78. The molecule has 0 aromatic heterocycles. The van der Waals surface area contributed by atoms with Crippen molar-refractivity contribution in [2.24, 2.45) is 0 Å². The predicted octanol–water partition coefficient (Wildman–Crippen LogP) is 2.79. The Bertz CT molecular complexity index is 398. The highest BCUT2D eigenvalue weighted by molar-refractivity contribution is 5.41. The summed E-state index contributed by atoms with van der Waals surface area (Å²) in [6.45, 7) is 1.80. The van der Waals surface area contributed by atoms with E-state index in [9.17, 15) is 0 Å². The fourth-order valence-electron chi connectivity index (χ4n) is 3.06. The monoisotopic (exact) mass is 231 g/mol. The molecule has 1 atom stereocenters. The van der Waals surface area contributed by atoms with Crippen LogP contribution in [0.15, 0.2) is 18.2 Å². The maximum absolute atomic E-state index is 5.87. The lowest BCUT2D eigenvalue weighted by atomic mass is 9.76. The molecule has 1 aliphatic carbocycles. The van der Waals surface area contributed by atoms with Crippen molar-refractivity contribution in [3.63, 3.8) is 0 Å². The molecule has 92 valence electrons. The van der Waals surface area contributed by atoms with Gasteiger partial charge < -0.3 is 10.1 Å². The van der Waals surface area contributed by atoms with Crippen molar-refractivity contribution in [3.8, 4) is 0 Å². The molecular formula is C15H21NO. The van der Waals surface area contributed by atoms with Crippen LogP contribution in [-0.4, -0.2) is 20.2 Å². The molecule has 0 amide bonds. The molecule has 0 spiro atoms. The van der Waals surface area contributed by atoms with Crippen molar-refractivity contribution in [3.05, 3.63) is 34.9 Å². The van der Waals surface area contributed by atoms with Gasteiger partial charge in [0.15, 0.2) is 0 Å². The molecule has 1 aromatic carbocycles. The Labute approximate surface area is 103 Å². The first kappa shape index (κ1) is 11.2. The van der Waals surface area contributed by atoms with E-state index in [2.05, 4.69) is 23.5 Å². The third-order valence-corrected chi connectivity index (χ3v) is 4.20. The van der Waals surface area contributed by atoms with E-state index in [1.165, 1.54) is 24.8 Å². The van der Waals surface area contributed by atoms with Gasteiger partial charge >= 0.3 is 0 Å². The molecule has 1 fully saturated rings. The van der Waals surface area contributed by atoms with Crippen LogP contribution in [0.25, 0.3) is 0 Å². The van der Waals surface area contributed by atoms with Gasteiger partial charge in [0, 0.05) is 6.54 Å². The molecule has 1 heterocycles. The second-order valence-electron chi connectivity index (χ2n) is 5.21. The van der Waals surface area contributed by atoms with Crippen LogP contribution in [0.4, 0.5) is 0 Å². The zero-order valence-corrected chi connectivity index (χ0v) is 10.5. The van der Waals surface area contributed by atoms with Crippen LogP contribution in [0.1, 0.15) is 48.0 Å². The van der Waals surface area contributed by atoms with Crippen LogP contribution >= 0.6 is 0 Å². The Morgan fingerprint density at radius 1 is 1.29 bits per heavy atom. The summed E-state index contributed by atoms with van der Waals surface area (Å²) in [5.41, 5.74) is 4.62. The van der Waals surface area contributed by atoms with Crippen LogP contribution < -0.4 is 5.32 Å². The third kappa shape index (κ3) is 2.00. The lowest BCUT2D eigenvalue weighted by Crippen LogP contribution is -2.27. The summed E-state index contributed by atoms with van der Waals surface area (Å²) in [5, 5.41) is 3.23. The van der Waals surface area contributed by atoms with Gasteiger partial charge in [0.25, 0.3) is 0 Å². The molecule has 1 N–H and O–H groups in total. The third-order valence-electron chi connectivity index (χ3n) is 4.20. The number of hydrogen-bond donors (Lipinski definition) is 1. The Balaban J connectivity index is 1.94. The largest absolute Gasteiger partial charge is 0.372 e. The van der Waals surface area contributed by atoms with Gasteiger partial charge in [0.1, 0.15) is 0 Å². The first-order valence-electron chi connectivity index (χ1n) is 6.78. The quantitative estimate of drug-likeness (QED) is 0.863. The average Bonchev–Trinajstić information content (AvgIpc) is 2.28. The molecule has 0 radical (unpaired) electrons. The molecule has 0 saturated heterocycles. The number of likely N-dealkylation sites (N-methyl/N-ethyl adjacent to an activating group) is 1. The van der Waals surface area contributed by atoms with Crippen molar-refractivity contribution >= 4 is 0 Å². The molecule has 2 nitrogen and oxygen atoms in total. The number of rotatable bonds is 3. The Hall–Kier alpha value is -0.860. The second-order valence-corrected chi connectivity index (χ2v) is 5.21. The average molecular weight is 231 g/mol. The molecule has 1 aromatic rings. The van der Waals surface area contributed by atoms with Crippen LogP contribution in [-0.2, 0) is 11.2 Å². The van der Waals surface area contributed by atoms with Crippen molar-refractivity contribution in [2.45, 2.75) is 37.7 Å². The summed E-state index contributed by atoms with van der Waals surface area (Å²) in [5.74, 6) is 0.832. The standard InChI is InChI=1S/C15H21NO/c1-16-10-15-14-7-3-6-12(11-4-2-5-11)13(14)8-9-17-15/h3,6-7,11,15-16H,2,4-5,8-10H2,1H3/t15-/m1/s1. The van der Waals surface area contributed by atoms with Gasteiger partial charge in [0.05, 0.1) is 12.7 Å². The fourth-order valence-corrected chi connectivity index (χ4v) is 3.06. The summed E-state index contributed by atoms with van der Waals surface area (Å²) in [4.78, 5) is 0. The maximum atomic E-state index is 5.87. The van der Waals surface area contributed by atoms with Gasteiger partial charge in [-0.05, 0) is 48.9 Å². The molecular weight excluding hydrogens is 210 g/mol. The topological polar surface area (TPSA) is 21.3 Å². The van der Waals surface area contributed by atoms with E-state index >= 15 is 0 Å². The Kier molecular flexibility index (Phi) is 3.17. The number of ether oxygens (including phenoxy) is 1. The van der Waals surface area contributed by atoms with E-state index in [0.29, 0.717) is 0 Å². The Morgan fingerprint density at radius 2 is 2.12 bits per heavy atom. The number of benzene rings is 1. The lowest BCUT2D eigenvalue weighted by Gasteiger charge is -2.33. The maximum Gasteiger partial charge on any atom is 0.0951 e. The minimum absolute atomic E-state index is 0.253. The zero-order chi connectivity index (χ0) is 11.7. The molecule has 2 heteroatoms. The highest BCUT2D eigenvalue weighted by atomic mass is 16.5. The van der Waals surface area contributed by atoms with Crippen LogP contribution in [0.5, 0.6) is 0 Å². The second kappa shape index (κ2) is 4.79. The Morgan fingerprint density at radius 3 is 2.82 bits per heavy atom. The molecule has 3 rings (SSSR count). The van der Waals surface area contributed by atoms with Crippen LogP contribution in [0, 0.1) is 0 Å². The molecule has 0 unspecified atom stereocenters. The summed E-state index contributed by atoms with van der Waals surface area (Å²) in [6.07, 6.45) is 5.53.